The van der Waals surface area contributed by atoms with Gasteiger partial charge in [-0.15, -0.1) is 0 Å². The van der Waals surface area contributed by atoms with Gasteiger partial charge in [0, 0.05) is 24.9 Å². The summed E-state index contributed by atoms with van der Waals surface area (Å²) in [7, 11) is 0. The van der Waals surface area contributed by atoms with E-state index in [0.29, 0.717) is 6.42 Å². The molecule has 1 unspecified atom stereocenters. The lowest BCUT2D eigenvalue weighted by Gasteiger charge is -2.21. The van der Waals surface area contributed by atoms with E-state index in [1.165, 1.54) is 12.1 Å². The number of carboxylic acids is 1. The number of hydrogen-bond acceptors (Lipinski definition) is 2. The Morgan fingerprint density at radius 3 is 3.27 bits per heavy atom. The molecule has 0 fully saturated rings. The molecular weight excluding hydrogens is 192 g/mol. The van der Waals surface area contributed by atoms with Crippen LogP contribution in [0.25, 0.3) is 0 Å². The number of aryl methyl sites for hydroxylation is 1. The molecule has 1 aliphatic rings. The number of imidazole rings is 1. The van der Waals surface area contributed by atoms with Crippen molar-refractivity contribution in [3.63, 3.8) is 0 Å². The minimum Gasteiger partial charge on any atom is -0.481 e. The molecule has 0 spiro atoms. The maximum Gasteiger partial charge on any atom is 0.303 e. The van der Waals surface area contributed by atoms with Gasteiger partial charge in [0.25, 0.3) is 0 Å². The van der Waals surface area contributed by atoms with Gasteiger partial charge in [-0.25, -0.2) is 4.98 Å². The van der Waals surface area contributed by atoms with Gasteiger partial charge in [-0.1, -0.05) is 6.92 Å². The van der Waals surface area contributed by atoms with Gasteiger partial charge in [0.2, 0.25) is 0 Å². The second-order valence-corrected chi connectivity index (χ2v) is 4.31. The number of hydrogen-bond donors (Lipinski definition) is 1. The Balaban J connectivity index is 2.10. The van der Waals surface area contributed by atoms with Gasteiger partial charge in [-0.05, 0) is 18.8 Å². The summed E-state index contributed by atoms with van der Waals surface area (Å²) < 4.78 is 2.18. The molecular formula is C11H16N2O2. The molecule has 1 aliphatic heterocycles. The van der Waals surface area contributed by atoms with Gasteiger partial charge in [0.15, 0.2) is 0 Å². The van der Waals surface area contributed by atoms with E-state index in [1.807, 2.05) is 6.20 Å². The summed E-state index contributed by atoms with van der Waals surface area (Å²) in [6.07, 6.45) is 4.85. The number of carbonyl (C=O) groups is 1. The molecule has 0 aliphatic carbocycles. The zero-order chi connectivity index (χ0) is 10.8. The average molecular weight is 208 g/mol. The summed E-state index contributed by atoms with van der Waals surface area (Å²) in [6.45, 7) is 3.23. The maximum absolute atomic E-state index is 10.5. The molecule has 0 aromatic carbocycles. The Kier molecular flexibility index (Phi) is 2.75. The van der Waals surface area contributed by atoms with Crippen LogP contribution in [-0.4, -0.2) is 20.6 Å². The van der Waals surface area contributed by atoms with Crippen molar-refractivity contribution in [1.82, 2.24) is 9.55 Å². The van der Waals surface area contributed by atoms with E-state index in [4.69, 9.17) is 5.11 Å². The maximum atomic E-state index is 10.5. The van der Waals surface area contributed by atoms with Crippen LogP contribution >= 0.6 is 0 Å². The first-order valence-corrected chi connectivity index (χ1v) is 5.42. The van der Waals surface area contributed by atoms with Crippen LogP contribution in [-0.2, 0) is 24.2 Å². The minimum atomic E-state index is -0.753. The fourth-order valence-electron chi connectivity index (χ4n) is 2.12. The van der Waals surface area contributed by atoms with Crippen LogP contribution in [0.3, 0.4) is 0 Å². The van der Waals surface area contributed by atoms with E-state index in [9.17, 15) is 4.79 Å². The molecule has 0 bridgehead atoms. The Bertz CT molecular complexity index is 371. The third-order valence-electron chi connectivity index (χ3n) is 2.99. The van der Waals surface area contributed by atoms with E-state index < -0.39 is 5.97 Å². The summed E-state index contributed by atoms with van der Waals surface area (Å²) >= 11 is 0. The highest BCUT2D eigenvalue weighted by Crippen LogP contribution is 2.21. The number of rotatable bonds is 3. The van der Waals surface area contributed by atoms with Gasteiger partial charge in [-0.2, -0.15) is 0 Å². The monoisotopic (exact) mass is 208 g/mol. The van der Waals surface area contributed by atoms with E-state index in [0.717, 1.165) is 24.7 Å². The molecule has 0 saturated carbocycles. The number of aromatic nitrogens is 2. The van der Waals surface area contributed by atoms with Crippen LogP contribution in [0.5, 0.6) is 0 Å². The molecule has 1 aromatic rings. The number of nitrogens with zero attached hydrogens (tertiary/aromatic N) is 2. The van der Waals surface area contributed by atoms with Gasteiger partial charge in [0.05, 0.1) is 6.42 Å². The first-order valence-electron chi connectivity index (χ1n) is 5.42. The molecule has 2 rings (SSSR count). The highest BCUT2D eigenvalue weighted by Gasteiger charge is 2.18. The zero-order valence-electron chi connectivity index (χ0n) is 8.94. The van der Waals surface area contributed by atoms with Crippen molar-refractivity contribution in [2.75, 3.05) is 0 Å². The van der Waals surface area contributed by atoms with E-state index in [2.05, 4.69) is 16.5 Å². The van der Waals surface area contributed by atoms with E-state index >= 15 is 0 Å². The standard InChI is InChI=1S/C11H16N2O2/c1-8-4-5-13-9(6-8)7-12-10(13)2-3-11(14)15/h7-8H,2-6H2,1H3,(H,14,15). The third-order valence-corrected chi connectivity index (χ3v) is 2.99. The summed E-state index contributed by atoms with van der Waals surface area (Å²) in [6, 6.07) is 0. The van der Waals surface area contributed by atoms with Gasteiger partial charge in [0.1, 0.15) is 5.82 Å². The highest BCUT2D eigenvalue weighted by atomic mass is 16.4. The molecule has 1 N–H and O–H groups in total. The van der Waals surface area contributed by atoms with Crippen molar-refractivity contribution >= 4 is 5.97 Å². The molecule has 0 radical (unpaired) electrons. The molecule has 1 aromatic heterocycles. The van der Waals surface area contributed by atoms with Crippen LogP contribution < -0.4 is 0 Å². The minimum absolute atomic E-state index is 0.173. The van der Waals surface area contributed by atoms with E-state index in [1.54, 1.807) is 0 Å². The van der Waals surface area contributed by atoms with Gasteiger partial charge in [-0.3, -0.25) is 4.79 Å². The molecule has 2 heterocycles. The number of aliphatic carboxylic acids is 1. The Morgan fingerprint density at radius 2 is 2.53 bits per heavy atom. The van der Waals surface area contributed by atoms with Crippen LogP contribution in [0.4, 0.5) is 0 Å². The number of fused-ring (bicyclic) bond motifs is 1. The van der Waals surface area contributed by atoms with Gasteiger partial charge >= 0.3 is 5.97 Å². The van der Waals surface area contributed by atoms with Crippen LogP contribution in [0.1, 0.15) is 31.3 Å². The second kappa shape index (κ2) is 4.04. The van der Waals surface area contributed by atoms with Crippen molar-refractivity contribution in [2.24, 2.45) is 5.92 Å². The topological polar surface area (TPSA) is 55.1 Å². The lowest BCUT2D eigenvalue weighted by atomic mass is 9.98. The molecule has 15 heavy (non-hydrogen) atoms. The first-order chi connectivity index (χ1) is 7.16. The Morgan fingerprint density at radius 1 is 1.73 bits per heavy atom. The molecule has 82 valence electrons. The Labute approximate surface area is 88.9 Å². The summed E-state index contributed by atoms with van der Waals surface area (Å²) in [5, 5.41) is 8.62. The fraction of sp³-hybridized carbons (Fsp3) is 0.636. The van der Waals surface area contributed by atoms with Crippen LogP contribution in [0.15, 0.2) is 6.20 Å². The predicted octanol–water partition coefficient (Wildman–Crippen LogP) is 1.48. The summed E-state index contributed by atoms with van der Waals surface area (Å²) in [5.41, 5.74) is 1.26. The molecule has 1 atom stereocenters. The third kappa shape index (κ3) is 2.19. The van der Waals surface area contributed by atoms with E-state index in [-0.39, 0.29) is 6.42 Å². The molecule has 4 heteroatoms. The largest absolute Gasteiger partial charge is 0.481 e. The number of carboxylic acid groups (broad SMARTS) is 1. The first kappa shape index (κ1) is 10.2. The lowest BCUT2D eigenvalue weighted by Crippen LogP contribution is -2.18. The lowest BCUT2D eigenvalue weighted by molar-refractivity contribution is -0.137. The van der Waals surface area contributed by atoms with Crippen LogP contribution in [0.2, 0.25) is 0 Å². The smallest absolute Gasteiger partial charge is 0.303 e. The SMILES string of the molecule is CC1CCn2c(cnc2CCC(=O)O)C1. The predicted molar refractivity (Wildman–Crippen MR) is 55.7 cm³/mol. The fourth-order valence-corrected chi connectivity index (χ4v) is 2.12. The summed E-state index contributed by atoms with van der Waals surface area (Å²) in [5.74, 6) is 0.900. The van der Waals surface area contributed by atoms with Crippen molar-refractivity contribution in [2.45, 2.75) is 39.2 Å². The highest BCUT2D eigenvalue weighted by molar-refractivity contribution is 5.66. The molecule has 4 nitrogen and oxygen atoms in total. The van der Waals surface area contributed by atoms with Crippen molar-refractivity contribution in [3.8, 4) is 0 Å². The zero-order valence-corrected chi connectivity index (χ0v) is 8.94. The summed E-state index contributed by atoms with van der Waals surface area (Å²) in [4.78, 5) is 14.8. The van der Waals surface area contributed by atoms with Crippen LogP contribution in [0, 0.1) is 5.92 Å². The average Bonchev–Trinajstić information content (AvgIpc) is 2.57. The Hall–Kier alpha value is -1.32. The van der Waals surface area contributed by atoms with Crippen molar-refractivity contribution < 1.29 is 9.90 Å². The van der Waals surface area contributed by atoms with Crippen molar-refractivity contribution in [1.29, 1.82) is 0 Å². The second-order valence-electron chi connectivity index (χ2n) is 4.31. The normalized spacial score (nSPS) is 19.9. The molecule has 0 amide bonds. The van der Waals surface area contributed by atoms with Gasteiger partial charge < -0.3 is 9.67 Å². The van der Waals surface area contributed by atoms with Crippen molar-refractivity contribution in [3.05, 3.63) is 17.7 Å². The quantitative estimate of drug-likeness (QED) is 0.818. The molecule has 0 saturated heterocycles.